The molecule has 106 valence electrons. The highest BCUT2D eigenvalue weighted by Gasteiger charge is 2.10. The molecule has 0 aliphatic rings. The van der Waals surface area contributed by atoms with Crippen LogP contribution in [0.3, 0.4) is 0 Å². The third-order valence-corrected chi connectivity index (χ3v) is 3.44. The van der Waals surface area contributed by atoms with Crippen molar-refractivity contribution in [2.24, 2.45) is 0 Å². The quantitative estimate of drug-likeness (QED) is 0.622. The maximum Gasteiger partial charge on any atom is 0.331 e. The monoisotopic (exact) mass is 291 g/mol. The number of carbonyl (C=O) groups excluding carboxylic acids is 1. The van der Waals surface area contributed by atoms with Crippen LogP contribution in [0.25, 0.3) is 16.5 Å². The van der Waals surface area contributed by atoms with E-state index in [4.69, 9.17) is 16.3 Å². The van der Waals surface area contributed by atoms with Gasteiger partial charge in [0, 0.05) is 34.2 Å². The molecule has 0 unspecified atom stereocenters. The molecular weight excluding hydrogens is 274 g/mol. The molecule has 1 heterocycles. The summed E-state index contributed by atoms with van der Waals surface area (Å²) in [5.41, 5.74) is 3.01. The van der Waals surface area contributed by atoms with Crippen molar-refractivity contribution in [3.63, 3.8) is 0 Å². The van der Waals surface area contributed by atoms with Gasteiger partial charge >= 0.3 is 5.97 Å². The van der Waals surface area contributed by atoms with Crippen LogP contribution in [0.5, 0.6) is 0 Å². The highest BCUT2D eigenvalue weighted by atomic mass is 35.5. The summed E-state index contributed by atoms with van der Waals surface area (Å²) in [6, 6.07) is 7.87. The van der Waals surface area contributed by atoms with Crippen LogP contribution in [0.15, 0.2) is 30.3 Å². The molecule has 0 amide bonds. The first-order valence-electron chi connectivity index (χ1n) is 6.71. The number of nitrogens with zero attached hydrogens (tertiary/aromatic N) is 1. The van der Waals surface area contributed by atoms with Gasteiger partial charge in [0.25, 0.3) is 0 Å². The number of hydrogen-bond donors (Lipinski definition) is 0. The standard InChI is InChI=1S/C16H18ClNO2/c1-4-18-14-7-6-13(17)9-12(14)10-15(18)11(3)8-16(19)20-5-2/h6-10H,4-5H2,1-3H3/b11-8+. The zero-order chi connectivity index (χ0) is 14.7. The van der Waals surface area contributed by atoms with E-state index in [0.29, 0.717) is 11.6 Å². The average Bonchev–Trinajstić information content (AvgIpc) is 2.76. The molecular formula is C16H18ClNO2. The summed E-state index contributed by atoms with van der Waals surface area (Å²) in [4.78, 5) is 11.6. The van der Waals surface area contributed by atoms with Crippen molar-refractivity contribution in [2.45, 2.75) is 27.3 Å². The third kappa shape index (κ3) is 2.88. The molecule has 0 aliphatic heterocycles. The number of benzene rings is 1. The highest BCUT2D eigenvalue weighted by molar-refractivity contribution is 6.31. The Labute approximate surface area is 123 Å². The van der Waals surface area contributed by atoms with Crippen molar-refractivity contribution < 1.29 is 9.53 Å². The van der Waals surface area contributed by atoms with E-state index in [-0.39, 0.29) is 5.97 Å². The molecule has 1 aromatic carbocycles. The summed E-state index contributed by atoms with van der Waals surface area (Å²) in [6.45, 7) is 7.00. The largest absolute Gasteiger partial charge is 0.463 e. The van der Waals surface area contributed by atoms with Gasteiger partial charge in [-0.3, -0.25) is 0 Å². The van der Waals surface area contributed by atoms with Gasteiger partial charge in [0.15, 0.2) is 0 Å². The van der Waals surface area contributed by atoms with Gasteiger partial charge < -0.3 is 9.30 Å². The summed E-state index contributed by atoms with van der Waals surface area (Å²) >= 11 is 6.03. The number of esters is 1. The van der Waals surface area contributed by atoms with Crippen LogP contribution in [0, 0.1) is 0 Å². The molecule has 0 saturated carbocycles. The van der Waals surface area contributed by atoms with Crippen LogP contribution in [0.2, 0.25) is 5.02 Å². The van der Waals surface area contributed by atoms with Crippen LogP contribution >= 0.6 is 11.6 Å². The number of carbonyl (C=O) groups is 1. The Balaban J connectivity index is 2.50. The topological polar surface area (TPSA) is 31.2 Å². The number of rotatable bonds is 4. The van der Waals surface area contributed by atoms with Crippen LogP contribution < -0.4 is 0 Å². The molecule has 0 spiro atoms. The fourth-order valence-corrected chi connectivity index (χ4v) is 2.52. The first kappa shape index (κ1) is 14.7. The second-order valence-electron chi connectivity index (χ2n) is 4.56. The van der Waals surface area contributed by atoms with Gasteiger partial charge in [-0.25, -0.2) is 4.79 Å². The van der Waals surface area contributed by atoms with Gasteiger partial charge in [0.05, 0.1) is 6.61 Å². The van der Waals surface area contributed by atoms with Crippen LogP contribution in [0.4, 0.5) is 0 Å². The Kier molecular flexibility index (Phi) is 4.50. The van der Waals surface area contributed by atoms with Gasteiger partial charge in [-0.1, -0.05) is 11.6 Å². The predicted octanol–water partition coefficient (Wildman–Crippen LogP) is 4.28. The zero-order valence-electron chi connectivity index (χ0n) is 11.9. The fourth-order valence-electron chi connectivity index (χ4n) is 2.34. The van der Waals surface area contributed by atoms with Crippen LogP contribution in [-0.2, 0) is 16.1 Å². The van der Waals surface area contributed by atoms with Gasteiger partial charge in [-0.05, 0) is 50.6 Å². The first-order valence-corrected chi connectivity index (χ1v) is 7.08. The molecule has 0 fully saturated rings. The number of hydrogen-bond acceptors (Lipinski definition) is 2. The second kappa shape index (κ2) is 6.14. The average molecular weight is 292 g/mol. The lowest BCUT2D eigenvalue weighted by Crippen LogP contribution is -2.03. The Morgan fingerprint density at radius 3 is 2.75 bits per heavy atom. The number of ether oxygens (including phenoxy) is 1. The van der Waals surface area contributed by atoms with Crippen molar-refractivity contribution in [1.82, 2.24) is 4.57 Å². The number of fused-ring (bicyclic) bond motifs is 1. The Morgan fingerprint density at radius 1 is 1.35 bits per heavy atom. The smallest absolute Gasteiger partial charge is 0.331 e. The molecule has 3 nitrogen and oxygen atoms in total. The van der Waals surface area contributed by atoms with Gasteiger partial charge in [-0.2, -0.15) is 0 Å². The van der Waals surface area contributed by atoms with E-state index in [1.165, 1.54) is 6.08 Å². The first-order chi connectivity index (χ1) is 9.56. The summed E-state index contributed by atoms with van der Waals surface area (Å²) < 4.78 is 7.12. The normalized spacial score (nSPS) is 11.9. The Hall–Kier alpha value is -1.74. The summed E-state index contributed by atoms with van der Waals surface area (Å²) in [6.07, 6.45) is 1.53. The lowest BCUT2D eigenvalue weighted by atomic mass is 10.2. The van der Waals surface area contributed by atoms with Crippen LogP contribution in [0.1, 0.15) is 26.5 Å². The maximum absolute atomic E-state index is 11.6. The molecule has 2 rings (SSSR count). The molecule has 2 aromatic rings. The van der Waals surface area contributed by atoms with E-state index in [9.17, 15) is 4.79 Å². The minimum Gasteiger partial charge on any atom is -0.463 e. The molecule has 0 saturated heterocycles. The fraction of sp³-hybridized carbons (Fsp3) is 0.312. The molecule has 4 heteroatoms. The lowest BCUT2D eigenvalue weighted by Gasteiger charge is -2.08. The number of allylic oxidation sites excluding steroid dienone is 1. The minimum atomic E-state index is -0.309. The molecule has 0 aliphatic carbocycles. The van der Waals surface area contributed by atoms with E-state index in [1.54, 1.807) is 6.92 Å². The third-order valence-electron chi connectivity index (χ3n) is 3.20. The van der Waals surface area contributed by atoms with Crippen molar-refractivity contribution in [1.29, 1.82) is 0 Å². The molecule has 0 radical (unpaired) electrons. The molecule has 0 atom stereocenters. The van der Waals surface area contributed by atoms with E-state index < -0.39 is 0 Å². The summed E-state index contributed by atoms with van der Waals surface area (Å²) in [5.74, 6) is -0.309. The van der Waals surface area contributed by atoms with E-state index in [2.05, 4.69) is 17.6 Å². The molecule has 1 aromatic heterocycles. The number of halogens is 1. The van der Waals surface area contributed by atoms with E-state index >= 15 is 0 Å². The van der Waals surface area contributed by atoms with Crippen LogP contribution in [-0.4, -0.2) is 17.1 Å². The maximum atomic E-state index is 11.6. The lowest BCUT2D eigenvalue weighted by molar-refractivity contribution is -0.137. The van der Waals surface area contributed by atoms with E-state index in [1.807, 2.05) is 25.1 Å². The summed E-state index contributed by atoms with van der Waals surface area (Å²) in [5, 5.41) is 1.79. The predicted molar refractivity (Wildman–Crippen MR) is 82.9 cm³/mol. The van der Waals surface area contributed by atoms with Crippen molar-refractivity contribution in [2.75, 3.05) is 6.61 Å². The van der Waals surface area contributed by atoms with Gasteiger partial charge in [0.1, 0.15) is 0 Å². The molecule has 20 heavy (non-hydrogen) atoms. The molecule has 0 bridgehead atoms. The Morgan fingerprint density at radius 2 is 2.10 bits per heavy atom. The molecule has 0 N–H and O–H groups in total. The highest BCUT2D eigenvalue weighted by Crippen LogP contribution is 2.27. The van der Waals surface area contributed by atoms with Gasteiger partial charge in [0.2, 0.25) is 0 Å². The zero-order valence-corrected chi connectivity index (χ0v) is 12.7. The van der Waals surface area contributed by atoms with Crippen molar-refractivity contribution >= 4 is 34.0 Å². The second-order valence-corrected chi connectivity index (χ2v) is 4.99. The SMILES string of the molecule is CCOC(=O)/C=C(\C)c1cc2cc(Cl)ccc2n1CC. The van der Waals surface area contributed by atoms with Crippen molar-refractivity contribution in [3.8, 4) is 0 Å². The Bertz CT molecular complexity index is 670. The van der Waals surface area contributed by atoms with E-state index in [0.717, 1.165) is 28.7 Å². The minimum absolute atomic E-state index is 0.309. The summed E-state index contributed by atoms with van der Waals surface area (Å²) in [7, 11) is 0. The van der Waals surface area contributed by atoms with Crippen molar-refractivity contribution in [3.05, 3.63) is 41.1 Å². The number of aromatic nitrogens is 1. The van der Waals surface area contributed by atoms with Gasteiger partial charge in [-0.15, -0.1) is 0 Å². The number of aryl methyl sites for hydroxylation is 1.